The third-order valence-corrected chi connectivity index (χ3v) is 6.29. The Labute approximate surface area is 204 Å². The van der Waals surface area contributed by atoms with E-state index in [4.69, 9.17) is 14.2 Å². The van der Waals surface area contributed by atoms with E-state index in [1.807, 2.05) is 30.3 Å². The summed E-state index contributed by atoms with van der Waals surface area (Å²) in [5.41, 5.74) is 3.76. The molecule has 0 unspecified atom stereocenters. The Hall–Kier alpha value is -4.10. The molecule has 0 atom stereocenters. The van der Waals surface area contributed by atoms with Gasteiger partial charge in [0, 0.05) is 29.9 Å². The molecule has 1 saturated heterocycles. The molecule has 3 aromatic carbocycles. The van der Waals surface area contributed by atoms with Crippen molar-refractivity contribution in [3.63, 3.8) is 0 Å². The van der Waals surface area contributed by atoms with Crippen LogP contribution < -0.4 is 19.3 Å². The van der Waals surface area contributed by atoms with Crippen molar-refractivity contribution in [2.24, 2.45) is 0 Å². The number of morpholine rings is 1. The Kier molecular flexibility index (Phi) is 6.25. The number of carbonyl (C=O) groups is 2. The second-order valence-corrected chi connectivity index (χ2v) is 8.28. The minimum absolute atomic E-state index is 0.394. The third kappa shape index (κ3) is 4.26. The van der Waals surface area contributed by atoms with Crippen LogP contribution in [-0.2, 0) is 9.53 Å². The average molecular weight is 471 g/mol. The molecule has 2 amide bonds. The molecule has 0 spiro atoms. The summed E-state index contributed by atoms with van der Waals surface area (Å²) in [6.45, 7) is 3.13. The van der Waals surface area contributed by atoms with E-state index < -0.39 is 11.8 Å². The first kappa shape index (κ1) is 22.7. The van der Waals surface area contributed by atoms with Crippen LogP contribution in [0.15, 0.2) is 66.7 Å². The van der Waals surface area contributed by atoms with Gasteiger partial charge in [-0.15, -0.1) is 0 Å². The van der Waals surface area contributed by atoms with Crippen LogP contribution in [0.5, 0.6) is 11.5 Å². The number of fused-ring (bicyclic) bond motifs is 1. The minimum Gasteiger partial charge on any atom is -0.497 e. The number of carbonyl (C=O) groups excluding carboxylic acids is 2. The van der Waals surface area contributed by atoms with Crippen molar-refractivity contribution in [2.75, 3.05) is 50.3 Å². The zero-order valence-corrected chi connectivity index (χ0v) is 19.7. The average Bonchev–Trinajstić information content (AvgIpc) is 2.92. The molecule has 0 bridgehead atoms. The molecule has 1 fully saturated rings. The zero-order valence-electron chi connectivity index (χ0n) is 19.7. The van der Waals surface area contributed by atoms with Crippen LogP contribution in [0, 0.1) is 0 Å². The predicted molar refractivity (Wildman–Crippen MR) is 135 cm³/mol. The summed E-state index contributed by atoms with van der Waals surface area (Å²) in [7, 11) is 3.06. The first-order valence-corrected chi connectivity index (χ1v) is 11.5. The normalized spacial score (nSPS) is 16.9. The molecule has 0 aliphatic carbocycles. The summed E-state index contributed by atoms with van der Waals surface area (Å²) < 4.78 is 16.2. The Balaban J connectivity index is 1.59. The zero-order chi connectivity index (χ0) is 24.4. The summed E-state index contributed by atoms with van der Waals surface area (Å²) in [5.74, 6) is 0.151. The Morgan fingerprint density at radius 2 is 1.57 bits per heavy atom. The molecule has 0 aromatic heterocycles. The van der Waals surface area contributed by atoms with Crippen molar-refractivity contribution in [1.29, 1.82) is 0 Å². The predicted octanol–water partition coefficient (Wildman–Crippen LogP) is 4.27. The molecule has 0 N–H and O–H groups in total. The van der Waals surface area contributed by atoms with E-state index in [9.17, 15) is 9.59 Å². The number of imide groups is 1. The first-order valence-electron chi connectivity index (χ1n) is 11.5. The topological polar surface area (TPSA) is 68.3 Å². The lowest BCUT2D eigenvalue weighted by molar-refractivity contribution is -0.112. The lowest BCUT2D eigenvalue weighted by atomic mass is 9.91. The molecular weight excluding hydrogens is 444 g/mol. The van der Waals surface area contributed by atoms with Gasteiger partial charge in [0.05, 0.1) is 38.7 Å². The fourth-order valence-electron chi connectivity index (χ4n) is 4.45. The highest BCUT2D eigenvalue weighted by atomic mass is 16.5. The second kappa shape index (κ2) is 9.64. The van der Waals surface area contributed by atoms with Gasteiger partial charge in [-0.05, 0) is 54.1 Å². The van der Waals surface area contributed by atoms with E-state index >= 15 is 0 Å². The fourth-order valence-corrected chi connectivity index (χ4v) is 4.45. The van der Waals surface area contributed by atoms with E-state index in [0.717, 1.165) is 24.3 Å². The summed E-state index contributed by atoms with van der Waals surface area (Å²) in [6, 6.07) is 20.2. The second-order valence-electron chi connectivity index (χ2n) is 8.28. The van der Waals surface area contributed by atoms with Gasteiger partial charge in [-0.1, -0.05) is 24.3 Å². The first-order chi connectivity index (χ1) is 17.1. The number of amides is 2. The van der Waals surface area contributed by atoms with Gasteiger partial charge in [-0.25, -0.2) is 4.90 Å². The maximum Gasteiger partial charge on any atom is 0.266 e. The smallest absolute Gasteiger partial charge is 0.266 e. The van der Waals surface area contributed by atoms with E-state index in [-0.39, 0.29) is 0 Å². The fraction of sp³-hybridized carbons (Fsp3) is 0.214. The van der Waals surface area contributed by atoms with E-state index in [1.165, 1.54) is 12.0 Å². The monoisotopic (exact) mass is 470 g/mol. The van der Waals surface area contributed by atoms with Gasteiger partial charge in [0.1, 0.15) is 11.5 Å². The van der Waals surface area contributed by atoms with Gasteiger partial charge in [-0.2, -0.15) is 0 Å². The number of ether oxygens (including phenoxy) is 3. The number of nitrogens with zero attached hydrogens (tertiary/aromatic N) is 2. The van der Waals surface area contributed by atoms with Crippen molar-refractivity contribution in [3.05, 3.63) is 83.4 Å². The van der Waals surface area contributed by atoms with Crippen molar-refractivity contribution in [1.82, 2.24) is 0 Å². The summed E-state index contributed by atoms with van der Waals surface area (Å²) in [6.07, 6.45) is 1.82. The van der Waals surface area contributed by atoms with Crippen LogP contribution >= 0.6 is 0 Å². The number of hydrogen-bond donors (Lipinski definition) is 0. The molecule has 2 heterocycles. The van der Waals surface area contributed by atoms with Gasteiger partial charge in [0.15, 0.2) is 0 Å². The van der Waals surface area contributed by atoms with Crippen LogP contribution in [0.4, 0.5) is 11.4 Å². The van der Waals surface area contributed by atoms with Crippen molar-refractivity contribution >= 4 is 34.8 Å². The molecule has 2 aliphatic rings. The number of hydrogen-bond acceptors (Lipinski definition) is 6. The summed E-state index contributed by atoms with van der Waals surface area (Å²) in [5, 5.41) is 0. The maximum atomic E-state index is 13.8. The molecule has 7 heteroatoms. The van der Waals surface area contributed by atoms with Crippen LogP contribution in [0.25, 0.3) is 11.6 Å². The van der Waals surface area contributed by atoms with Gasteiger partial charge < -0.3 is 19.1 Å². The Morgan fingerprint density at radius 3 is 2.29 bits per heavy atom. The molecule has 0 saturated carbocycles. The van der Waals surface area contributed by atoms with Crippen LogP contribution in [-0.4, -0.2) is 52.3 Å². The van der Waals surface area contributed by atoms with E-state index in [1.54, 1.807) is 49.6 Å². The quantitative estimate of drug-likeness (QED) is 0.410. The van der Waals surface area contributed by atoms with Crippen molar-refractivity contribution < 1.29 is 23.8 Å². The van der Waals surface area contributed by atoms with E-state index in [2.05, 4.69) is 4.90 Å². The van der Waals surface area contributed by atoms with Crippen LogP contribution in [0.1, 0.15) is 21.5 Å². The molecule has 5 rings (SSSR count). The number of anilines is 2. The number of rotatable bonds is 5. The number of methoxy groups -OCH3 is 2. The minimum atomic E-state index is -0.423. The largest absolute Gasteiger partial charge is 0.497 e. The van der Waals surface area contributed by atoms with Gasteiger partial charge in [-0.3, -0.25) is 9.59 Å². The third-order valence-electron chi connectivity index (χ3n) is 6.29. The highest BCUT2D eigenvalue weighted by Crippen LogP contribution is 2.38. The Bertz CT molecular complexity index is 1290. The summed E-state index contributed by atoms with van der Waals surface area (Å²) in [4.78, 5) is 30.7. The van der Waals surface area contributed by atoms with Crippen LogP contribution in [0.2, 0.25) is 0 Å². The number of benzene rings is 3. The molecular formula is C28H26N2O5. The molecule has 7 nitrogen and oxygen atoms in total. The number of para-hydroxylation sites is 2. The lowest BCUT2D eigenvalue weighted by Gasteiger charge is -2.30. The SMILES string of the molecule is COc1ccc2c(c1)C(=O)N(c1ccccc1OC)C(=O)/C2=C/c1ccc(N2CCOCC2)cc1. The molecule has 0 radical (unpaired) electrons. The van der Waals surface area contributed by atoms with Crippen molar-refractivity contribution in [2.45, 2.75) is 0 Å². The van der Waals surface area contributed by atoms with Crippen LogP contribution in [0.3, 0.4) is 0 Å². The molecule has 2 aliphatic heterocycles. The van der Waals surface area contributed by atoms with Gasteiger partial charge in [0.2, 0.25) is 0 Å². The van der Waals surface area contributed by atoms with E-state index in [0.29, 0.717) is 47.1 Å². The maximum absolute atomic E-state index is 13.8. The van der Waals surface area contributed by atoms with Gasteiger partial charge in [0.25, 0.3) is 11.8 Å². The highest BCUT2D eigenvalue weighted by Gasteiger charge is 2.37. The lowest BCUT2D eigenvalue weighted by Crippen LogP contribution is -2.42. The van der Waals surface area contributed by atoms with Gasteiger partial charge >= 0.3 is 0 Å². The molecule has 178 valence electrons. The summed E-state index contributed by atoms with van der Waals surface area (Å²) >= 11 is 0. The molecule has 3 aromatic rings. The van der Waals surface area contributed by atoms with Crippen molar-refractivity contribution in [3.8, 4) is 11.5 Å². The standard InChI is InChI=1S/C28H26N2O5/c1-33-21-11-12-22-23(17-19-7-9-20(10-8-19)29-13-15-35-16-14-29)27(31)30(28(32)24(22)18-21)25-5-3-4-6-26(25)34-2/h3-12,17-18H,13-16H2,1-2H3/b23-17+. The Morgan fingerprint density at radius 1 is 0.829 bits per heavy atom. The highest BCUT2D eigenvalue weighted by molar-refractivity contribution is 6.43. The molecule has 35 heavy (non-hydrogen) atoms.